The number of methoxy groups -OCH3 is 3. The lowest BCUT2D eigenvalue weighted by atomic mass is 9.95. The number of nitrogens with zero attached hydrogens (tertiary/aromatic N) is 2. The fourth-order valence-corrected chi connectivity index (χ4v) is 4.75. The molecule has 35 heavy (non-hydrogen) atoms. The van der Waals surface area contributed by atoms with Gasteiger partial charge in [0.25, 0.3) is 11.7 Å². The normalized spacial score (nSPS) is 16.9. The summed E-state index contributed by atoms with van der Waals surface area (Å²) in [5.41, 5.74) is 0.746. The molecule has 1 aliphatic rings. The number of para-hydroxylation sites is 2. The van der Waals surface area contributed by atoms with E-state index in [-0.39, 0.29) is 32.7 Å². The van der Waals surface area contributed by atoms with Gasteiger partial charge in [0.15, 0.2) is 11.5 Å². The largest absolute Gasteiger partial charge is 0.507 e. The third-order valence-electron chi connectivity index (χ3n) is 5.61. The highest BCUT2D eigenvalue weighted by molar-refractivity contribution is 6.52. The maximum atomic E-state index is 13.4. The smallest absolute Gasteiger partial charge is 0.300 e. The van der Waals surface area contributed by atoms with Crippen molar-refractivity contribution in [3.05, 3.63) is 81.6 Å². The highest BCUT2D eigenvalue weighted by Crippen LogP contribution is 2.48. The molecule has 1 atom stereocenters. The minimum absolute atomic E-state index is 0.00321. The van der Waals surface area contributed by atoms with Crippen molar-refractivity contribution in [1.29, 1.82) is 0 Å². The number of aromatic nitrogens is 1. The second-order valence-electron chi connectivity index (χ2n) is 7.41. The van der Waals surface area contributed by atoms with Crippen LogP contribution in [-0.2, 0) is 9.59 Å². The number of ether oxygens (including phenoxy) is 3. The Balaban J connectivity index is 2.03. The molecule has 1 saturated heterocycles. The molecule has 3 aromatic rings. The van der Waals surface area contributed by atoms with E-state index < -0.39 is 23.5 Å². The maximum absolute atomic E-state index is 13.4. The third kappa shape index (κ3) is 4.05. The zero-order valence-corrected chi connectivity index (χ0v) is 20.4. The average Bonchev–Trinajstić information content (AvgIpc) is 3.14. The van der Waals surface area contributed by atoms with E-state index in [0.29, 0.717) is 17.0 Å². The van der Waals surface area contributed by atoms with E-state index in [1.54, 1.807) is 36.4 Å². The first kappa shape index (κ1) is 24.4. The van der Waals surface area contributed by atoms with E-state index in [1.807, 2.05) is 0 Å². The SMILES string of the molecule is COc1ccccc1N1C(=O)C(=O)/C(=C(/O)c2cc(Cl)c(OC)c(Cl)c2OC)C1c1ccncc1. The molecule has 0 aliphatic carbocycles. The number of rotatable bonds is 6. The molecule has 2 aromatic carbocycles. The van der Waals surface area contributed by atoms with Gasteiger partial charge >= 0.3 is 0 Å². The molecule has 1 amide bonds. The van der Waals surface area contributed by atoms with Crippen molar-refractivity contribution in [3.63, 3.8) is 0 Å². The number of hydrogen-bond donors (Lipinski definition) is 1. The fraction of sp³-hybridized carbons (Fsp3) is 0.160. The number of carbonyl (C=O) groups excluding carboxylic acids is 2. The Labute approximate surface area is 211 Å². The van der Waals surface area contributed by atoms with E-state index in [0.717, 1.165) is 0 Å². The van der Waals surface area contributed by atoms with Gasteiger partial charge in [-0.1, -0.05) is 35.3 Å². The van der Waals surface area contributed by atoms with Crippen molar-refractivity contribution in [1.82, 2.24) is 4.98 Å². The molecule has 0 bridgehead atoms. The van der Waals surface area contributed by atoms with Crippen LogP contribution in [0.1, 0.15) is 17.2 Å². The molecule has 4 rings (SSSR count). The second-order valence-corrected chi connectivity index (χ2v) is 8.19. The van der Waals surface area contributed by atoms with Gasteiger partial charge in [0.2, 0.25) is 0 Å². The van der Waals surface area contributed by atoms with Crippen molar-refractivity contribution >= 4 is 46.3 Å². The molecule has 0 radical (unpaired) electrons. The lowest BCUT2D eigenvalue weighted by Crippen LogP contribution is -2.29. The van der Waals surface area contributed by atoms with E-state index in [4.69, 9.17) is 37.4 Å². The Bertz CT molecular complexity index is 1340. The number of benzene rings is 2. The number of halogens is 2. The van der Waals surface area contributed by atoms with E-state index in [2.05, 4.69) is 4.98 Å². The third-order valence-corrected chi connectivity index (χ3v) is 6.23. The van der Waals surface area contributed by atoms with Gasteiger partial charge in [-0.3, -0.25) is 19.5 Å². The lowest BCUT2D eigenvalue weighted by Gasteiger charge is -2.26. The molecule has 10 heteroatoms. The number of amides is 1. The zero-order chi connectivity index (χ0) is 25.3. The van der Waals surface area contributed by atoms with Crippen LogP contribution in [0.25, 0.3) is 5.76 Å². The van der Waals surface area contributed by atoms with Crippen LogP contribution in [0.5, 0.6) is 17.2 Å². The monoisotopic (exact) mass is 514 g/mol. The van der Waals surface area contributed by atoms with Crippen LogP contribution in [0.2, 0.25) is 10.0 Å². The van der Waals surface area contributed by atoms with E-state index in [9.17, 15) is 14.7 Å². The average molecular weight is 515 g/mol. The molecule has 180 valence electrons. The Hall–Kier alpha value is -3.75. The molecular formula is C25H20Cl2N2O6. The summed E-state index contributed by atoms with van der Waals surface area (Å²) in [5.74, 6) is -1.71. The molecule has 1 aliphatic heterocycles. The molecular weight excluding hydrogens is 495 g/mol. The molecule has 2 heterocycles. The summed E-state index contributed by atoms with van der Waals surface area (Å²) in [7, 11) is 4.19. The summed E-state index contributed by atoms with van der Waals surface area (Å²) < 4.78 is 16.1. The van der Waals surface area contributed by atoms with E-state index >= 15 is 0 Å². The van der Waals surface area contributed by atoms with Gasteiger partial charge < -0.3 is 19.3 Å². The first-order valence-electron chi connectivity index (χ1n) is 10.3. The first-order chi connectivity index (χ1) is 16.8. The lowest BCUT2D eigenvalue weighted by molar-refractivity contribution is -0.132. The number of pyridine rings is 1. The van der Waals surface area contributed by atoms with Crippen molar-refractivity contribution in [2.45, 2.75) is 6.04 Å². The summed E-state index contributed by atoms with van der Waals surface area (Å²) in [5, 5.41) is 11.5. The van der Waals surface area contributed by atoms with Gasteiger partial charge in [-0.2, -0.15) is 0 Å². The van der Waals surface area contributed by atoms with Crippen LogP contribution >= 0.6 is 23.2 Å². The predicted octanol–water partition coefficient (Wildman–Crippen LogP) is 5.04. The summed E-state index contributed by atoms with van der Waals surface area (Å²) >= 11 is 12.7. The number of carbonyl (C=O) groups is 2. The first-order valence-corrected chi connectivity index (χ1v) is 11.1. The highest BCUT2D eigenvalue weighted by Gasteiger charge is 2.48. The predicted molar refractivity (Wildman–Crippen MR) is 132 cm³/mol. The molecule has 0 saturated carbocycles. The quantitative estimate of drug-likeness (QED) is 0.279. The van der Waals surface area contributed by atoms with E-state index in [1.165, 1.54) is 44.7 Å². The number of Topliss-reactive ketones (excluding diaryl/α,β-unsaturated/α-hetero) is 1. The van der Waals surface area contributed by atoms with Crippen molar-refractivity contribution in [3.8, 4) is 17.2 Å². The fourth-order valence-electron chi connectivity index (χ4n) is 4.06. The Morgan fingerprint density at radius 1 is 0.971 bits per heavy atom. The van der Waals surface area contributed by atoms with Crippen LogP contribution in [-0.4, -0.2) is 43.1 Å². The van der Waals surface area contributed by atoms with Gasteiger partial charge in [-0.05, 0) is 35.9 Å². The number of ketones is 1. The Morgan fingerprint density at radius 3 is 2.26 bits per heavy atom. The number of aliphatic hydroxyl groups excluding tert-OH is 1. The van der Waals surface area contributed by atoms with Gasteiger partial charge in [0.05, 0.1) is 49.2 Å². The van der Waals surface area contributed by atoms with Crippen molar-refractivity contribution < 1.29 is 28.9 Å². The molecule has 1 N–H and O–H groups in total. The molecule has 1 aromatic heterocycles. The summed E-state index contributed by atoms with van der Waals surface area (Å²) in [4.78, 5) is 32.0. The van der Waals surface area contributed by atoms with Gasteiger partial charge in [-0.25, -0.2) is 0 Å². The van der Waals surface area contributed by atoms with Gasteiger partial charge in [0, 0.05) is 12.4 Å². The summed E-state index contributed by atoms with van der Waals surface area (Å²) in [6.07, 6.45) is 3.05. The van der Waals surface area contributed by atoms with Crippen LogP contribution in [0.3, 0.4) is 0 Å². The minimum Gasteiger partial charge on any atom is -0.507 e. The van der Waals surface area contributed by atoms with Crippen LogP contribution < -0.4 is 19.1 Å². The van der Waals surface area contributed by atoms with Gasteiger partial charge in [0.1, 0.15) is 16.5 Å². The zero-order valence-electron chi connectivity index (χ0n) is 18.9. The Morgan fingerprint density at radius 2 is 1.63 bits per heavy atom. The molecule has 1 fully saturated rings. The van der Waals surface area contributed by atoms with Crippen molar-refractivity contribution in [2.75, 3.05) is 26.2 Å². The standard InChI is InChI=1S/C25H20Cl2N2O6/c1-33-17-7-5-4-6-16(17)29-20(13-8-10-28-11-9-13)18(22(31)25(29)32)21(30)14-12-15(26)24(35-3)19(27)23(14)34-2/h4-12,20,30H,1-3H3/b21-18+. The number of anilines is 1. The minimum atomic E-state index is -1.00. The summed E-state index contributed by atoms with van der Waals surface area (Å²) in [6.45, 7) is 0. The maximum Gasteiger partial charge on any atom is 0.300 e. The number of aliphatic hydroxyl groups is 1. The molecule has 0 spiro atoms. The molecule has 1 unspecified atom stereocenters. The topological polar surface area (TPSA) is 98.2 Å². The second kappa shape index (κ2) is 9.85. The highest BCUT2D eigenvalue weighted by atomic mass is 35.5. The van der Waals surface area contributed by atoms with Crippen LogP contribution in [0.15, 0.2) is 60.4 Å². The molecule has 8 nitrogen and oxygen atoms in total. The van der Waals surface area contributed by atoms with Gasteiger partial charge in [-0.15, -0.1) is 0 Å². The van der Waals surface area contributed by atoms with Crippen molar-refractivity contribution in [2.24, 2.45) is 0 Å². The van der Waals surface area contributed by atoms with Crippen LogP contribution in [0.4, 0.5) is 5.69 Å². The number of hydrogen-bond acceptors (Lipinski definition) is 7. The Kier molecular flexibility index (Phi) is 6.86. The van der Waals surface area contributed by atoms with Crippen LogP contribution in [0, 0.1) is 0 Å². The summed E-state index contributed by atoms with van der Waals surface area (Å²) in [6, 6.07) is 10.4.